The number of pyridine rings is 1. The van der Waals surface area contributed by atoms with Gasteiger partial charge in [-0.3, -0.25) is 19.3 Å². The van der Waals surface area contributed by atoms with Crippen molar-refractivity contribution >= 4 is 45.9 Å². The zero-order valence-electron chi connectivity index (χ0n) is 15.6. The molecule has 0 spiro atoms. The topological polar surface area (TPSA) is 122 Å². The van der Waals surface area contributed by atoms with Gasteiger partial charge in [0.15, 0.2) is 11.3 Å². The number of aromatic nitrogens is 2. The van der Waals surface area contributed by atoms with Crippen LogP contribution in [-0.4, -0.2) is 33.1 Å². The highest BCUT2D eigenvalue weighted by molar-refractivity contribution is 14.1. The third-order valence-corrected chi connectivity index (χ3v) is 4.55. The van der Waals surface area contributed by atoms with Crippen molar-refractivity contribution in [3.63, 3.8) is 0 Å². The maximum Gasteiger partial charge on any atom is 0.411 e. The number of rotatable bonds is 5. The van der Waals surface area contributed by atoms with E-state index in [1.165, 1.54) is 36.5 Å². The van der Waals surface area contributed by atoms with Gasteiger partial charge in [0.25, 0.3) is 5.91 Å². The molecule has 0 saturated carbocycles. The number of benzene rings is 1. The Balaban J connectivity index is 1.98. The number of fused-ring (bicyclic) bond motifs is 1. The number of carbonyl (C=O) groups is 2. The van der Waals surface area contributed by atoms with Crippen LogP contribution in [-0.2, 0) is 11.3 Å². The Bertz CT molecular complexity index is 1180. The van der Waals surface area contributed by atoms with E-state index in [1.807, 2.05) is 22.6 Å². The Kier molecular flexibility index (Phi) is 6.50. The molecule has 3 N–H and O–H groups in total. The Hall–Kier alpha value is -3.22. The van der Waals surface area contributed by atoms with Gasteiger partial charge in [-0.15, -0.1) is 0 Å². The monoisotopic (exact) mass is 526 g/mol. The number of hydrogen-bond donors (Lipinski definition) is 3. The van der Waals surface area contributed by atoms with Gasteiger partial charge in [-0.2, -0.15) is 0 Å². The number of halogens is 2. The van der Waals surface area contributed by atoms with Crippen molar-refractivity contribution in [3.05, 3.63) is 67.5 Å². The summed E-state index contributed by atoms with van der Waals surface area (Å²) < 4.78 is 19.4. The first-order valence-corrected chi connectivity index (χ1v) is 9.79. The van der Waals surface area contributed by atoms with Crippen LogP contribution in [0.25, 0.3) is 5.65 Å². The summed E-state index contributed by atoms with van der Waals surface area (Å²) in [6.07, 6.45) is 0.646. The Morgan fingerprint density at radius 2 is 2.00 bits per heavy atom. The van der Waals surface area contributed by atoms with E-state index >= 15 is 0 Å². The molecule has 2 amide bonds. The van der Waals surface area contributed by atoms with Crippen LogP contribution < -0.4 is 16.2 Å². The fourth-order valence-corrected chi connectivity index (χ4v) is 3.18. The van der Waals surface area contributed by atoms with Crippen molar-refractivity contribution in [2.24, 2.45) is 0 Å². The molecule has 11 heteroatoms. The molecule has 0 aliphatic rings. The van der Waals surface area contributed by atoms with Gasteiger partial charge in [0, 0.05) is 16.3 Å². The predicted octanol–water partition coefficient (Wildman–Crippen LogP) is 2.64. The second-order valence-corrected chi connectivity index (χ2v) is 7.28. The van der Waals surface area contributed by atoms with Crippen LogP contribution in [0.3, 0.4) is 0 Å². The summed E-state index contributed by atoms with van der Waals surface area (Å²) >= 11 is 1.93. The van der Waals surface area contributed by atoms with Crippen molar-refractivity contribution in [1.82, 2.24) is 14.7 Å². The Morgan fingerprint density at radius 3 is 2.67 bits per heavy atom. The average molecular weight is 526 g/mol. The van der Waals surface area contributed by atoms with Gasteiger partial charge in [0.05, 0.1) is 12.3 Å². The van der Waals surface area contributed by atoms with E-state index in [2.05, 4.69) is 15.6 Å². The number of ether oxygens (including phenoxy) is 1. The van der Waals surface area contributed by atoms with Gasteiger partial charge in [-0.1, -0.05) is 12.1 Å². The van der Waals surface area contributed by atoms with Gasteiger partial charge in [0.2, 0.25) is 5.75 Å². The first-order chi connectivity index (χ1) is 14.3. The molecule has 30 heavy (non-hydrogen) atoms. The fourth-order valence-electron chi connectivity index (χ4n) is 2.59. The standard InChI is InChI=1S/C19H16FIN4O5/c1-2-30-19(29)23-13-7-12(21)9-25-16(13)24-14(15(26)18(25)28)17(27)22-8-10-3-5-11(20)6-4-10/h3-7,9,26H,2,8H2,1H3,(H,22,27)(H,23,29). The van der Waals surface area contributed by atoms with E-state index in [4.69, 9.17) is 4.74 Å². The molecule has 0 radical (unpaired) electrons. The number of carbonyl (C=O) groups excluding carboxylic acids is 2. The van der Waals surface area contributed by atoms with Crippen molar-refractivity contribution in [2.75, 3.05) is 11.9 Å². The molecule has 1 aromatic carbocycles. The molecule has 0 aliphatic heterocycles. The van der Waals surface area contributed by atoms with Crippen molar-refractivity contribution in [2.45, 2.75) is 13.5 Å². The van der Waals surface area contributed by atoms with Crippen LogP contribution in [0.15, 0.2) is 41.3 Å². The van der Waals surface area contributed by atoms with Crippen molar-refractivity contribution in [3.8, 4) is 5.75 Å². The van der Waals surface area contributed by atoms with Crippen LogP contribution in [0.4, 0.5) is 14.9 Å². The highest BCUT2D eigenvalue weighted by Gasteiger charge is 2.21. The van der Waals surface area contributed by atoms with E-state index < -0.39 is 34.8 Å². The minimum atomic E-state index is -0.877. The minimum absolute atomic E-state index is 0.0280. The first-order valence-electron chi connectivity index (χ1n) is 8.71. The number of anilines is 1. The molecule has 0 saturated heterocycles. The van der Waals surface area contributed by atoms with Crippen LogP contribution in [0.2, 0.25) is 0 Å². The lowest BCUT2D eigenvalue weighted by Crippen LogP contribution is -2.28. The normalized spacial score (nSPS) is 10.6. The van der Waals surface area contributed by atoms with Crippen LogP contribution in [0, 0.1) is 9.39 Å². The molecule has 0 unspecified atom stereocenters. The van der Waals surface area contributed by atoms with Crippen molar-refractivity contribution < 1.29 is 23.8 Å². The molecule has 0 fully saturated rings. The lowest BCUT2D eigenvalue weighted by molar-refractivity contribution is 0.0942. The lowest BCUT2D eigenvalue weighted by atomic mass is 10.2. The smallest absolute Gasteiger partial charge is 0.411 e. The highest BCUT2D eigenvalue weighted by Crippen LogP contribution is 2.21. The molecule has 3 rings (SSSR count). The molecule has 0 aliphatic carbocycles. The van der Waals surface area contributed by atoms with Gasteiger partial charge in [0.1, 0.15) is 5.82 Å². The second kappa shape index (κ2) is 9.07. The SMILES string of the molecule is CCOC(=O)Nc1cc(I)cn2c(=O)c(O)c(C(=O)NCc3ccc(F)cc3)nc12. The number of amides is 2. The summed E-state index contributed by atoms with van der Waals surface area (Å²) in [6.45, 7) is 1.80. The molecule has 0 bridgehead atoms. The predicted molar refractivity (Wildman–Crippen MR) is 114 cm³/mol. The van der Waals surface area contributed by atoms with Gasteiger partial charge in [-0.25, -0.2) is 14.2 Å². The zero-order valence-corrected chi connectivity index (χ0v) is 17.8. The molecular formula is C19H16FIN4O5. The summed E-state index contributed by atoms with van der Waals surface area (Å²) in [5.41, 5.74) is -0.684. The van der Waals surface area contributed by atoms with E-state index in [1.54, 1.807) is 6.92 Å². The summed E-state index contributed by atoms with van der Waals surface area (Å²) in [5, 5.41) is 15.2. The quantitative estimate of drug-likeness (QED) is 0.440. The average Bonchev–Trinajstić information content (AvgIpc) is 2.70. The molecule has 0 atom stereocenters. The number of nitrogens with one attached hydrogen (secondary N) is 2. The van der Waals surface area contributed by atoms with E-state index in [0.717, 1.165) is 4.40 Å². The molecule has 3 aromatic rings. The van der Waals surface area contributed by atoms with E-state index in [9.17, 15) is 23.9 Å². The molecule has 2 heterocycles. The molecule has 9 nitrogen and oxygen atoms in total. The first kappa shape index (κ1) is 21.5. The van der Waals surface area contributed by atoms with Gasteiger partial charge >= 0.3 is 11.7 Å². The maximum atomic E-state index is 13.0. The number of nitrogens with zero attached hydrogens (tertiary/aromatic N) is 2. The molecule has 2 aromatic heterocycles. The minimum Gasteiger partial charge on any atom is -0.501 e. The summed E-state index contributed by atoms with van der Waals surface area (Å²) in [5.74, 6) is -2.06. The third kappa shape index (κ3) is 4.67. The Labute approximate surface area is 183 Å². The number of aromatic hydroxyl groups is 1. The molecule has 156 valence electrons. The van der Waals surface area contributed by atoms with Gasteiger partial charge < -0.3 is 15.2 Å². The summed E-state index contributed by atoms with van der Waals surface area (Å²) in [6, 6.07) is 7.00. The van der Waals surface area contributed by atoms with Crippen LogP contribution in [0.5, 0.6) is 5.75 Å². The summed E-state index contributed by atoms with van der Waals surface area (Å²) in [4.78, 5) is 41.0. The van der Waals surface area contributed by atoms with Crippen molar-refractivity contribution in [1.29, 1.82) is 0 Å². The third-order valence-electron chi connectivity index (χ3n) is 3.96. The van der Waals surface area contributed by atoms with Crippen LogP contribution in [0.1, 0.15) is 23.0 Å². The maximum absolute atomic E-state index is 13.0. The molecular weight excluding hydrogens is 510 g/mol. The van der Waals surface area contributed by atoms with Gasteiger partial charge in [-0.05, 0) is 53.3 Å². The zero-order chi connectivity index (χ0) is 21.8. The fraction of sp³-hybridized carbons (Fsp3) is 0.158. The second-order valence-electron chi connectivity index (χ2n) is 6.03. The number of hydrogen-bond acceptors (Lipinski definition) is 6. The van der Waals surface area contributed by atoms with E-state index in [-0.39, 0.29) is 24.5 Å². The lowest BCUT2D eigenvalue weighted by Gasteiger charge is -2.12. The Morgan fingerprint density at radius 1 is 1.30 bits per heavy atom. The largest absolute Gasteiger partial charge is 0.501 e. The van der Waals surface area contributed by atoms with Crippen LogP contribution >= 0.6 is 22.6 Å². The highest BCUT2D eigenvalue weighted by atomic mass is 127. The summed E-state index contributed by atoms with van der Waals surface area (Å²) in [7, 11) is 0. The van der Waals surface area contributed by atoms with E-state index in [0.29, 0.717) is 9.13 Å².